The zero-order valence-electron chi connectivity index (χ0n) is 18.1. The zero-order valence-corrected chi connectivity index (χ0v) is 18.9. The molecule has 5 rings (SSSR count). The molecule has 3 aliphatic carbocycles. The number of carbonyl (C=O) groups is 2. The topological polar surface area (TPSA) is 66.4 Å². The number of aliphatic carboxylic acids is 1. The van der Waals surface area contributed by atoms with Crippen LogP contribution < -0.4 is 5.32 Å². The first kappa shape index (κ1) is 22.0. The van der Waals surface area contributed by atoms with Crippen molar-refractivity contribution in [2.24, 2.45) is 23.2 Å². The van der Waals surface area contributed by atoms with Gasteiger partial charge in [-0.05, 0) is 73.5 Å². The van der Waals surface area contributed by atoms with Crippen molar-refractivity contribution in [3.63, 3.8) is 0 Å². The Labute approximate surface area is 186 Å². The van der Waals surface area contributed by atoms with Crippen LogP contribution in [0.4, 0.5) is 4.39 Å². The summed E-state index contributed by atoms with van der Waals surface area (Å²) in [4.78, 5) is 23.8. The largest absolute Gasteiger partial charge is 0.481 e. The molecule has 0 unspecified atom stereocenters. The lowest BCUT2D eigenvalue weighted by molar-refractivity contribution is -0.137. The number of halogens is 1. The van der Waals surface area contributed by atoms with E-state index in [1.807, 2.05) is 5.38 Å². The molecule has 166 valence electrons. The maximum atomic E-state index is 13.7. The third kappa shape index (κ3) is 4.40. The van der Waals surface area contributed by atoms with Gasteiger partial charge in [-0.2, -0.15) is 0 Å². The molecule has 1 heterocycles. The van der Waals surface area contributed by atoms with Gasteiger partial charge in [0.1, 0.15) is 5.82 Å². The second-order valence-corrected chi connectivity index (χ2v) is 10.5. The summed E-state index contributed by atoms with van der Waals surface area (Å²) in [5.74, 6) is 0.350. The minimum Gasteiger partial charge on any atom is -0.481 e. The van der Waals surface area contributed by atoms with E-state index in [-0.39, 0.29) is 24.2 Å². The summed E-state index contributed by atoms with van der Waals surface area (Å²) >= 11 is 1.47. The van der Waals surface area contributed by atoms with Gasteiger partial charge in [0, 0.05) is 27.9 Å². The Kier molecular flexibility index (Phi) is 6.20. The van der Waals surface area contributed by atoms with Crippen LogP contribution in [-0.2, 0) is 4.79 Å². The lowest BCUT2D eigenvalue weighted by Gasteiger charge is -2.62. The Morgan fingerprint density at radius 1 is 1.29 bits per heavy atom. The Bertz CT molecular complexity index is 1010. The number of rotatable bonds is 8. The molecule has 1 aromatic carbocycles. The average Bonchev–Trinajstić information content (AvgIpc) is 3.13. The van der Waals surface area contributed by atoms with Crippen molar-refractivity contribution in [1.29, 1.82) is 0 Å². The maximum absolute atomic E-state index is 13.7. The van der Waals surface area contributed by atoms with Crippen molar-refractivity contribution in [3.8, 4) is 0 Å². The summed E-state index contributed by atoms with van der Waals surface area (Å²) in [7, 11) is 0. The van der Waals surface area contributed by atoms with Crippen LogP contribution in [0.5, 0.6) is 0 Å². The predicted octanol–water partition coefficient (Wildman–Crippen LogP) is 6.02. The van der Waals surface area contributed by atoms with E-state index in [1.165, 1.54) is 29.9 Å². The first-order valence-electron chi connectivity index (χ1n) is 11.1. The van der Waals surface area contributed by atoms with E-state index in [4.69, 9.17) is 5.11 Å². The highest BCUT2D eigenvalue weighted by atomic mass is 32.1. The van der Waals surface area contributed by atoms with E-state index in [2.05, 4.69) is 31.3 Å². The number of thiophene rings is 1. The normalized spacial score (nSPS) is 26.7. The fourth-order valence-corrected chi connectivity index (χ4v) is 6.53. The van der Waals surface area contributed by atoms with E-state index in [9.17, 15) is 14.0 Å². The Morgan fingerprint density at radius 3 is 2.84 bits per heavy atom. The number of benzene rings is 1. The summed E-state index contributed by atoms with van der Waals surface area (Å²) < 4.78 is 14.6. The van der Waals surface area contributed by atoms with Crippen molar-refractivity contribution in [2.75, 3.05) is 0 Å². The van der Waals surface area contributed by atoms with Crippen molar-refractivity contribution in [2.45, 2.75) is 58.4 Å². The van der Waals surface area contributed by atoms with E-state index in [1.54, 1.807) is 6.07 Å². The molecule has 1 aromatic heterocycles. The third-order valence-electron chi connectivity index (χ3n) is 7.55. The summed E-state index contributed by atoms with van der Waals surface area (Å²) in [6.07, 6.45) is 8.92. The molecule has 0 saturated heterocycles. The molecule has 6 heteroatoms. The summed E-state index contributed by atoms with van der Waals surface area (Å²) in [6, 6.07) is 4.70. The number of hydrogen-bond acceptors (Lipinski definition) is 3. The lowest BCUT2D eigenvalue weighted by atomic mass is 9.44. The van der Waals surface area contributed by atoms with Crippen LogP contribution in [0, 0.1) is 29.0 Å². The predicted molar refractivity (Wildman–Crippen MR) is 122 cm³/mol. The fraction of sp³-hybridized carbons (Fsp3) is 0.520. The van der Waals surface area contributed by atoms with E-state index in [0.717, 1.165) is 24.0 Å². The van der Waals surface area contributed by atoms with Gasteiger partial charge in [-0.25, -0.2) is 4.39 Å². The van der Waals surface area contributed by atoms with E-state index in [0.29, 0.717) is 40.5 Å². The van der Waals surface area contributed by atoms with Crippen molar-refractivity contribution in [1.82, 2.24) is 5.32 Å². The minimum absolute atomic E-state index is 0.108. The number of unbranched alkanes of at least 4 members (excludes halogenated alkanes) is 1. The summed E-state index contributed by atoms with van der Waals surface area (Å²) in [6.45, 7) is 4.67. The Morgan fingerprint density at radius 2 is 2.10 bits per heavy atom. The van der Waals surface area contributed by atoms with Gasteiger partial charge in [-0.1, -0.05) is 26.0 Å². The maximum Gasteiger partial charge on any atom is 0.303 e. The van der Waals surface area contributed by atoms with E-state index < -0.39 is 5.97 Å². The average molecular weight is 444 g/mol. The van der Waals surface area contributed by atoms with Crippen LogP contribution in [0.2, 0.25) is 0 Å². The van der Waals surface area contributed by atoms with Gasteiger partial charge in [-0.3, -0.25) is 9.59 Å². The van der Waals surface area contributed by atoms with Crippen LogP contribution in [0.15, 0.2) is 35.7 Å². The molecule has 4 atom stereocenters. The molecule has 0 spiro atoms. The fourth-order valence-electron chi connectivity index (χ4n) is 5.60. The number of nitrogens with one attached hydrogen (secondary N) is 1. The van der Waals surface area contributed by atoms with Crippen LogP contribution in [0.1, 0.15) is 62.7 Å². The van der Waals surface area contributed by atoms with Crippen LogP contribution >= 0.6 is 11.3 Å². The standard InChI is InChI=1S/C25H30FNO3S/c1-25(2)15-11-20(25)17(7-5-3-4-6-8-23(28)29)21(12-15)27-24(30)19-14-31-22-10-9-16(26)13-18(19)22/h3,5,9-10,13-15,17,20-21H,4,6-8,11-12H2,1-2H3,(H,27,30)(H,28,29)/t15-,17+,20+,21-/m0/s1. The SMILES string of the molecule is CC1(C)[C@@H]2C[C@H](NC(=O)c3csc4ccc(F)cc34)[C@H](CC=CCCCC(=O)O)[C@H]1C2. The summed E-state index contributed by atoms with van der Waals surface area (Å²) in [5.41, 5.74) is 0.849. The van der Waals surface area contributed by atoms with Crippen molar-refractivity contribution in [3.05, 3.63) is 47.1 Å². The summed E-state index contributed by atoms with van der Waals surface area (Å²) in [5, 5.41) is 14.6. The smallest absolute Gasteiger partial charge is 0.303 e. The van der Waals surface area contributed by atoms with Gasteiger partial charge in [0.25, 0.3) is 5.91 Å². The number of amides is 1. The molecule has 4 nitrogen and oxygen atoms in total. The molecule has 1 amide bonds. The second kappa shape index (κ2) is 8.73. The Balaban J connectivity index is 1.45. The molecule has 3 fully saturated rings. The van der Waals surface area contributed by atoms with E-state index >= 15 is 0 Å². The lowest BCUT2D eigenvalue weighted by Crippen LogP contribution is -2.61. The van der Waals surface area contributed by atoms with Crippen LogP contribution in [-0.4, -0.2) is 23.0 Å². The highest BCUT2D eigenvalue weighted by molar-refractivity contribution is 7.17. The number of carbonyl (C=O) groups excluding carboxylic acids is 1. The van der Waals surface area contributed by atoms with Gasteiger partial charge < -0.3 is 10.4 Å². The minimum atomic E-state index is -0.758. The highest BCUT2D eigenvalue weighted by Gasteiger charge is 2.57. The first-order chi connectivity index (χ1) is 14.8. The number of hydrogen-bond donors (Lipinski definition) is 2. The quantitative estimate of drug-likeness (QED) is 0.387. The number of carboxylic acid groups (broad SMARTS) is 1. The van der Waals surface area contributed by atoms with Crippen molar-refractivity contribution >= 4 is 33.3 Å². The third-order valence-corrected chi connectivity index (χ3v) is 8.51. The molecule has 2 N–H and O–H groups in total. The van der Waals surface area contributed by atoms with Crippen LogP contribution in [0.25, 0.3) is 10.1 Å². The van der Waals surface area contributed by atoms with Gasteiger partial charge in [-0.15, -0.1) is 11.3 Å². The molecule has 0 radical (unpaired) electrons. The molecule has 31 heavy (non-hydrogen) atoms. The molecule has 2 aromatic rings. The molecule has 3 saturated carbocycles. The monoisotopic (exact) mass is 443 g/mol. The molecule has 3 aliphatic rings. The van der Waals surface area contributed by atoms with Crippen molar-refractivity contribution < 1.29 is 19.1 Å². The van der Waals surface area contributed by atoms with Gasteiger partial charge in [0.05, 0.1) is 5.56 Å². The molecule has 0 aliphatic heterocycles. The number of fused-ring (bicyclic) bond motifs is 3. The molecular formula is C25H30FNO3S. The second-order valence-electron chi connectivity index (χ2n) is 9.62. The molecule has 2 bridgehead atoms. The molecular weight excluding hydrogens is 413 g/mol. The number of carboxylic acids is 1. The van der Waals surface area contributed by atoms with Crippen LogP contribution in [0.3, 0.4) is 0 Å². The number of allylic oxidation sites excluding steroid dienone is 2. The zero-order chi connectivity index (χ0) is 22.2. The van der Waals surface area contributed by atoms with Gasteiger partial charge in [0.2, 0.25) is 0 Å². The van der Waals surface area contributed by atoms with Gasteiger partial charge in [0.15, 0.2) is 0 Å². The first-order valence-corrected chi connectivity index (χ1v) is 12.0. The Hall–Kier alpha value is -2.21. The van der Waals surface area contributed by atoms with Gasteiger partial charge >= 0.3 is 5.97 Å². The highest BCUT2D eigenvalue weighted by Crippen LogP contribution is 2.62.